The van der Waals surface area contributed by atoms with Gasteiger partial charge in [0.05, 0.1) is 12.2 Å². The molecular weight excluding hydrogens is 242 g/mol. The van der Waals surface area contributed by atoms with Crippen LogP contribution in [0.25, 0.3) is 0 Å². The molecule has 0 radical (unpaired) electrons. The lowest BCUT2D eigenvalue weighted by molar-refractivity contribution is 0.0949. The zero-order valence-corrected chi connectivity index (χ0v) is 11.8. The van der Waals surface area contributed by atoms with Crippen LogP contribution in [0.15, 0.2) is 24.3 Å². The summed E-state index contributed by atoms with van der Waals surface area (Å²) in [6.45, 7) is 6.24. The van der Waals surface area contributed by atoms with Crippen molar-refractivity contribution < 1.29 is 14.6 Å². The lowest BCUT2D eigenvalue weighted by atomic mass is 10.2. The molecule has 1 amide bonds. The van der Waals surface area contributed by atoms with E-state index in [0.29, 0.717) is 18.5 Å². The Morgan fingerprint density at radius 3 is 2.42 bits per heavy atom. The quantitative estimate of drug-likeness (QED) is 0.744. The molecule has 4 heteroatoms. The highest BCUT2D eigenvalue weighted by molar-refractivity contribution is 5.94. The van der Waals surface area contributed by atoms with Crippen LogP contribution < -0.4 is 10.1 Å². The van der Waals surface area contributed by atoms with Gasteiger partial charge in [-0.15, -0.1) is 0 Å². The van der Waals surface area contributed by atoms with Crippen LogP contribution in [0.5, 0.6) is 5.75 Å². The number of aliphatic hydroxyl groups excluding tert-OH is 1. The average molecular weight is 265 g/mol. The Hall–Kier alpha value is -1.55. The van der Waals surface area contributed by atoms with Gasteiger partial charge in [0.1, 0.15) is 5.75 Å². The maximum absolute atomic E-state index is 11.8. The summed E-state index contributed by atoms with van der Waals surface area (Å²) in [6, 6.07) is 7.10. The molecule has 0 bridgehead atoms. The van der Waals surface area contributed by atoms with E-state index in [1.165, 1.54) is 0 Å². The summed E-state index contributed by atoms with van der Waals surface area (Å²) in [6.07, 6.45) is 1.28. The summed E-state index contributed by atoms with van der Waals surface area (Å²) >= 11 is 0. The summed E-state index contributed by atoms with van der Waals surface area (Å²) in [4.78, 5) is 11.8. The fraction of sp³-hybridized carbons (Fsp3) is 0.533. The summed E-state index contributed by atoms with van der Waals surface area (Å²) in [5.41, 5.74) is 0.619. The van der Waals surface area contributed by atoms with Crippen molar-refractivity contribution in [2.75, 3.05) is 6.54 Å². The minimum absolute atomic E-state index is 0.0957. The number of nitrogens with one attached hydrogen (secondary N) is 1. The predicted octanol–water partition coefficient (Wildman–Crippen LogP) is 2.36. The zero-order chi connectivity index (χ0) is 14.3. The normalized spacial score (nSPS) is 12.3. The van der Waals surface area contributed by atoms with Crippen LogP contribution in [-0.2, 0) is 0 Å². The van der Waals surface area contributed by atoms with Crippen molar-refractivity contribution in [1.29, 1.82) is 0 Å². The van der Waals surface area contributed by atoms with Gasteiger partial charge in [-0.1, -0.05) is 0 Å². The van der Waals surface area contributed by atoms with E-state index in [1.54, 1.807) is 31.2 Å². The van der Waals surface area contributed by atoms with E-state index in [9.17, 15) is 4.79 Å². The van der Waals surface area contributed by atoms with Crippen molar-refractivity contribution in [2.45, 2.75) is 45.8 Å². The molecule has 19 heavy (non-hydrogen) atoms. The number of carbonyl (C=O) groups excluding carboxylic acids is 1. The van der Waals surface area contributed by atoms with Gasteiger partial charge in [0.15, 0.2) is 0 Å². The highest BCUT2D eigenvalue weighted by atomic mass is 16.5. The molecule has 2 N–H and O–H groups in total. The van der Waals surface area contributed by atoms with Crippen molar-refractivity contribution in [1.82, 2.24) is 5.32 Å². The number of carbonyl (C=O) groups is 1. The molecule has 0 aliphatic rings. The second-order valence-electron chi connectivity index (χ2n) is 4.94. The molecule has 0 saturated carbocycles. The molecular formula is C15H23NO3. The predicted molar refractivity (Wildman–Crippen MR) is 75.5 cm³/mol. The smallest absolute Gasteiger partial charge is 0.251 e. The third-order valence-electron chi connectivity index (χ3n) is 2.57. The van der Waals surface area contributed by atoms with E-state index >= 15 is 0 Å². The summed E-state index contributed by atoms with van der Waals surface area (Å²) < 4.78 is 5.51. The first-order valence-electron chi connectivity index (χ1n) is 6.72. The maximum Gasteiger partial charge on any atom is 0.251 e. The Morgan fingerprint density at radius 1 is 1.26 bits per heavy atom. The number of hydrogen-bond donors (Lipinski definition) is 2. The zero-order valence-electron chi connectivity index (χ0n) is 11.8. The Labute approximate surface area is 114 Å². The van der Waals surface area contributed by atoms with Crippen molar-refractivity contribution in [3.05, 3.63) is 29.8 Å². The summed E-state index contributed by atoms with van der Waals surface area (Å²) in [5.74, 6) is 0.669. The van der Waals surface area contributed by atoms with Crippen LogP contribution in [0.2, 0.25) is 0 Å². The van der Waals surface area contributed by atoms with Crippen molar-refractivity contribution in [2.24, 2.45) is 0 Å². The molecule has 0 heterocycles. The first kappa shape index (κ1) is 15.5. The van der Waals surface area contributed by atoms with Gasteiger partial charge >= 0.3 is 0 Å². The van der Waals surface area contributed by atoms with Gasteiger partial charge in [-0.05, 0) is 57.9 Å². The molecule has 0 saturated heterocycles. The number of hydrogen-bond acceptors (Lipinski definition) is 3. The van der Waals surface area contributed by atoms with E-state index in [2.05, 4.69) is 5.32 Å². The molecule has 1 aromatic carbocycles. The molecule has 1 aromatic rings. The first-order valence-corrected chi connectivity index (χ1v) is 6.72. The number of amides is 1. The molecule has 4 nitrogen and oxygen atoms in total. The molecule has 0 aliphatic heterocycles. The van der Waals surface area contributed by atoms with Crippen LogP contribution in [0.4, 0.5) is 0 Å². The van der Waals surface area contributed by atoms with Gasteiger partial charge in [0.25, 0.3) is 5.91 Å². The second kappa shape index (κ2) is 7.79. The van der Waals surface area contributed by atoms with Gasteiger partial charge in [0.2, 0.25) is 0 Å². The Morgan fingerprint density at radius 2 is 1.89 bits per heavy atom. The van der Waals surface area contributed by atoms with Crippen LogP contribution in [0.1, 0.15) is 44.0 Å². The molecule has 1 unspecified atom stereocenters. The van der Waals surface area contributed by atoms with E-state index < -0.39 is 0 Å². The van der Waals surface area contributed by atoms with Crippen LogP contribution in [0.3, 0.4) is 0 Å². The molecule has 0 aliphatic carbocycles. The number of ether oxygens (including phenoxy) is 1. The molecule has 1 atom stereocenters. The van der Waals surface area contributed by atoms with Gasteiger partial charge < -0.3 is 15.2 Å². The first-order chi connectivity index (χ1) is 8.99. The topological polar surface area (TPSA) is 58.6 Å². The average Bonchev–Trinajstić information content (AvgIpc) is 2.34. The van der Waals surface area contributed by atoms with Crippen molar-refractivity contribution in [3.63, 3.8) is 0 Å². The lowest BCUT2D eigenvalue weighted by Crippen LogP contribution is -2.25. The van der Waals surface area contributed by atoms with E-state index in [0.717, 1.165) is 12.2 Å². The molecule has 106 valence electrons. The fourth-order valence-electron chi connectivity index (χ4n) is 1.66. The molecule has 0 spiro atoms. The van der Waals surface area contributed by atoms with Crippen molar-refractivity contribution in [3.8, 4) is 5.75 Å². The number of rotatable bonds is 7. The van der Waals surface area contributed by atoms with Crippen LogP contribution in [-0.4, -0.2) is 29.8 Å². The fourth-order valence-corrected chi connectivity index (χ4v) is 1.66. The maximum atomic E-state index is 11.8. The van der Waals surface area contributed by atoms with Gasteiger partial charge in [-0.25, -0.2) is 0 Å². The van der Waals surface area contributed by atoms with Gasteiger partial charge in [-0.2, -0.15) is 0 Å². The number of aliphatic hydroxyl groups is 1. The summed E-state index contributed by atoms with van der Waals surface area (Å²) in [7, 11) is 0. The third-order valence-corrected chi connectivity index (χ3v) is 2.57. The Balaban J connectivity index is 2.40. The number of benzene rings is 1. The highest BCUT2D eigenvalue weighted by Crippen LogP contribution is 2.13. The monoisotopic (exact) mass is 265 g/mol. The minimum atomic E-state index is -0.315. The van der Waals surface area contributed by atoms with Crippen LogP contribution in [0, 0.1) is 0 Å². The highest BCUT2D eigenvalue weighted by Gasteiger charge is 2.05. The third kappa shape index (κ3) is 6.25. The standard InChI is InChI=1S/C15H23NO3/c1-11(2)19-14-8-6-13(7-9-14)15(18)16-10-4-5-12(3)17/h6-9,11-12,17H,4-5,10H2,1-3H3,(H,16,18). The van der Waals surface area contributed by atoms with Gasteiger partial charge in [-0.3, -0.25) is 4.79 Å². The van der Waals surface area contributed by atoms with E-state index in [-0.39, 0.29) is 18.1 Å². The Bertz CT molecular complexity index is 385. The van der Waals surface area contributed by atoms with Gasteiger partial charge in [0, 0.05) is 12.1 Å². The lowest BCUT2D eigenvalue weighted by Gasteiger charge is -2.10. The minimum Gasteiger partial charge on any atom is -0.491 e. The molecule has 0 fully saturated rings. The summed E-state index contributed by atoms with van der Waals surface area (Å²) in [5, 5.41) is 11.9. The molecule has 0 aromatic heterocycles. The largest absolute Gasteiger partial charge is 0.491 e. The van der Waals surface area contributed by atoms with E-state index in [4.69, 9.17) is 9.84 Å². The van der Waals surface area contributed by atoms with Crippen LogP contribution >= 0.6 is 0 Å². The molecule has 1 rings (SSSR count). The second-order valence-corrected chi connectivity index (χ2v) is 4.94. The SMILES string of the molecule is CC(O)CCCNC(=O)c1ccc(OC(C)C)cc1. The van der Waals surface area contributed by atoms with E-state index in [1.807, 2.05) is 13.8 Å². The van der Waals surface area contributed by atoms with Crippen molar-refractivity contribution >= 4 is 5.91 Å². The Kier molecular flexibility index (Phi) is 6.36.